The standard InChI is InChI=1S/C10H10ClN3O/c11-5-9-10(7-3-4-15-6-7)14(13-12-9)8-1-2-8/h3-4,6,8H,1-2,5H2. The van der Waals surface area contributed by atoms with Gasteiger partial charge in [0.2, 0.25) is 0 Å². The summed E-state index contributed by atoms with van der Waals surface area (Å²) in [6.45, 7) is 0. The fourth-order valence-corrected chi connectivity index (χ4v) is 1.87. The van der Waals surface area contributed by atoms with E-state index < -0.39 is 0 Å². The van der Waals surface area contributed by atoms with E-state index in [4.69, 9.17) is 16.0 Å². The van der Waals surface area contributed by atoms with Crippen LogP contribution in [0.4, 0.5) is 0 Å². The van der Waals surface area contributed by atoms with E-state index in [1.165, 1.54) is 12.8 Å². The highest BCUT2D eigenvalue weighted by atomic mass is 35.5. The van der Waals surface area contributed by atoms with Crippen LogP contribution in [0.2, 0.25) is 0 Å². The molecule has 2 aromatic rings. The van der Waals surface area contributed by atoms with E-state index in [1.54, 1.807) is 12.5 Å². The molecule has 0 amide bonds. The average Bonchev–Trinajstić information content (AvgIpc) is 2.83. The minimum Gasteiger partial charge on any atom is -0.472 e. The van der Waals surface area contributed by atoms with Gasteiger partial charge in [-0.3, -0.25) is 0 Å². The van der Waals surface area contributed by atoms with Crippen molar-refractivity contribution in [3.05, 3.63) is 24.3 Å². The Morgan fingerprint density at radius 3 is 3.00 bits per heavy atom. The maximum atomic E-state index is 5.84. The Morgan fingerprint density at radius 1 is 1.53 bits per heavy atom. The molecule has 4 nitrogen and oxygen atoms in total. The number of aromatic nitrogens is 3. The molecule has 1 aliphatic rings. The molecule has 1 aliphatic carbocycles. The summed E-state index contributed by atoms with van der Waals surface area (Å²) in [6, 6.07) is 2.41. The van der Waals surface area contributed by atoms with Crippen molar-refractivity contribution in [3.63, 3.8) is 0 Å². The number of halogens is 1. The fourth-order valence-electron chi connectivity index (χ4n) is 1.69. The third kappa shape index (κ3) is 1.45. The molecule has 0 aromatic carbocycles. The number of hydrogen-bond acceptors (Lipinski definition) is 3. The maximum absolute atomic E-state index is 5.84. The van der Waals surface area contributed by atoms with Gasteiger partial charge in [-0.2, -0.15) is 0 Å². The average molecular weight is 224 g/mol. The monoisotopic (exact) mass is 223 g/mol. The largest absolute Gasteiger partial charge is 0.472 e. The van der Waals surface area contributed by atoms with Crippen LogP contribution in [0, 0.1) is 0 Å². The van der Waals surface area contributed by atoms with E-state index in [2.05, 4.69) is 10.3 Å². The Kier molecular flexibility index (Phi) is 2.02. The first-order valence-corrected chi connectivity index (χ1v) is 5.46. The molecule has 1 fully saturated rings. The Balaban J connectivity index is 2.13. The van der Waals surface area contributed by atoms with Crippen LogP contribution in [0.15, 0.2) is 23.0 Å². The molecule has 1 saturated carbocycles. The van der Waals surface area contributed by atoms with Gasteiger partial charge in [0.1, 0.15) is 5.69 Å². The lowest BCUT2D eigenvalue weighted by Crippen LogP contribution is -1.99. The molecular weight excluding hydrogens is 214 g/mol. The van der Waals surface area contributed by atoms with Crippen LogP contribution in [0.5, 0.6) is 0 Å². The zero-order valence-corrected chi connectivity index (χ0v) is 8.81. The van der Waals surface area contributed by atoms with Crippen LogP contribution in [-0.2, 0) is 5.88 Å². The summed E-state index contributed by atoms with van der Waals surface area (Å²) in [6.07, 6.45) is 5.71. The number of alkyl halides is 1. The lowest BCUT2D eigenvalue weighted by atomic mass is 10.2. The highest BCUT2D eigenvalue weighted by molar-refractivity contribution is 6.17. The SMILES string of the molecule is ClCc1nnn(C2CC2)c1-c1ccoc1. The van der Waals surface area contributed by atoms with Crippen LogP contribution in [0.1, 0.15) is 24.6 Å². The zero-order chi connectivity index (χ0) is 10.3. The summed E-state index contributed by atoms with van der Waals surface area (Å²) in [5.74, 6) is 0.382. The molecular formula is C10H10ClN3O. The first-order chi connectivity index (χ1) is 7.40. The second-order valence-corrected chi connectivity index (χ2v) is 3.97. The van der Waals surface area contributed by atoms with Gasteiger partial charge in [-0.1, -0.05) is 5.21 Å². The van der Waals surface area contributed by atoms with Crippen LogP contribution in [0.25, 0.3) is 11.3 Å². The normalized spacial score (nSPS) is 15.8. The molecule has 0 radical (unpaired) electrons. The Hall–Kier alpha value is -1.29. The van der Waals surface area contributed by atoms with Crippen LogP contribution < -0.4 is 0 Å². The minimum atomic E-state index is 0.382. The number of furan rings is 1. The number of rotatable bonds is 3. The van der Waals surface area contributed by atoms with Crippen molar-refractivity contribution >= 4 is 11.6 Å². The second-order valence-electron chi connectivity index (χ2n) is 3.71. The van der Waals surface area contributed by atoms with Crippen molar-refractivity contribution in [1.29, 1.82) is 0 Å². The Labute approximate surface area is 91.8 Å². The third-order valence-corrected chi connectivity index (χ3v) is 2.83. The second kappa shape index (κ2) is 3.38. The maximum Gasteiger partial charge on any atom is 0.106 e. The van der Waals surface area contributed by atoms with E-state index in [0.717, 1.165) is 17.0 Å². The first-order valence-electron chi connectivity index (χ1n) is 4.92. The van der Waals surface area contributed by atoms with E-state index >= 15 is 0 Å². The van der Waals surface area contributed by atoms with Crippen molar-refractivity contribution < 1.29 is 4.42 Å². The fraction of sp³-hybridized carbons (Fsp3) is 0.400. The molecule has 0 atom stereocenters. The van der Waals surface area contributed by atoms with Gasteiger partial charge in [0.15, 0.2) is 0 Å². The molecule has 0 saturated heterocycles. The van der Waals surface area contributed by atoms with Crippen molar-refractivity contribution in [2.24, 2.45) is 0 Å². The lowest BCUT2D eigenvalue weighted by Gasteiger charge is -2.02. The molecule has 2 heterocycles. The van der Waals surface area contributed by atoms with Gasteiger partial charge in [-0.15, -0.1) is 16.7 Å². The summed E-state index contributed by atoms with van der Waals surface area (Å²) < 4.78 is 7.04. The highest BCUT2D eigenvalue weighted by Crippen LogP contribution is 2.38. The molecule has 0 N–H and O–H groups in total. The highest BCUT2D eigenvalue weighted by Gasteiger charge is 2.29. The summed E-state index contributed by atoms with van der Waals surface area (Å²) in [5, 5.41) is 8.24. The molecule has 2 aromatic heterocycles. The van der Waals surface area contributed by atoms with Gasteiger partial charge in [-0.25, -0.2) is 4.68 Å². The summed E-state index contributed by atoms with van der Waals surface area (Å²) in [7, 11) is 0. The van der Waals surface area contributed by atoms with Crippen LogP contribution >= 0.6 is 11.6 Å². The van der Waals surface area contributed by atoms with Gasteiger partial charge in [0, 0.05) is 5.56 Å². The molecule has 5 heteroatoms. The molecule has 0 spiro atoms. The summed E-state index contributed by atoms with van der Waals surface area (Å²) in [4.78, 5) is 0. The topological polar surface area (TPSA) is 43.9 Å². The van der Waals surface area contributed by atoms with Gasteiger partial charge in [-0.05, 0) is 18.9 Å². The molecule has 3 rings (SSSR count). The minimum absolute atomic E-state index is 0.382. The van der Waals surface area contributed by atoms with Gasteiger partial charge < -0.3 is 4.42 Å². The molecule has 0 bridgehead atoms. The van der Waals surface area contributed by atoms with E-state index in [0.29, 0.717) is 11.9 Å². The molecule has 15 heavy (non-hydrogen) atoms. The number of hydrogen-bond donors (Lipinski definition) is 0. The Morgan fingerprint density at radius 2 is 2.40 bits per heavy atom. The predicted octanol–water partition coefficient (Wildman–Crippen LogP) is 2.61. The zero-order valence-electron chi connectivity index (χ0n) is 8.06. The van der Waals surface area contributed by atoms with Crippen LogP contribution in [0.3, 0.4) is 0 Å². The van der Waals surface area contributed by atoms with Gasteiger partial charge in [0.05, 0.1) is 30.1 Å². The van der Waals surface area contributed by atoms with Crippen molar-refractivity contribution in [2.75, 3.05) is 0 Å². The van der Waals surface area contributed by atoms with Crippen molar-refractivity contribution in [3.8, 4) is 11.3 Å². The quantitative estimate of drug-likeness (QED) is 0.752. The number of nitrogens with zero attached hydrogens (tertiary/aromatic N) is 3. The van der Waals surface area contributed by atoms with Crippen molar-refractivity contribution in [1.82, 2.24) is 15.0 Å². The predicted molar refractivity (Wildman–Crippen MR) is 55.6 cm³/mol. The van der Waals surface area contributed by atoms with E-state index in [-0.39, 0.29) is 0 Å². The summed E-state index contributed by atoms with van der Waals surface area (Å²) >= 11 is 5.84. The lowest BCUT2D eigenvalue weighted by molar-refractivity contribution is 0.566. The van der Waals surface area contributed by atoms with E-state index in [1.807, 2.05) is 10.7 Å². The molecule has 0 unspecified atom stereocenters. The molecule has 0 aliphatic heterocycles. The Bertz CT molecular complexity index is 459. The van der Waals surface area contributed by atoms with Gasteiger partial charge in [0.25, 0.3) is 0 Å². The van der Waals surface area contributed by atoms with Crippen molar-refractivity contribution in [2.45, 2.75) is 24.8 Å². The van der Waals surface area contributed by atoms with E-state index in [9.17, 15) is 0 Å². The molecule has 78 valence electrons. The first kappa shape index (κ1) is 8.97. The smallest absolute Gasteiger partial charge is 0.106 e. The van der Waals surface area contributed by atoms with Gasteiger partial charge >= 0.3 is 0 Å². The third-order valence-electron chi connectivity index (χ3n) is 2.58. The summed E-state index contributed by atoms with van der Waals surface area (Å²) in [5.41, 5.74) is 2.83. The van der Waals surface area contributed by atoms with Crippen LogP contribution in [-0.4, -0.2) is 15.0 Å².